The van der Waals surface area contributed by atoms with E-state index in [0.717, 1.165) is 22.7 Å². The summed E-state index contributed by atoms with van der Waals surface area (Å²) in [5, 5.41) is 2.43. The first-order valence-electron chi connectivity index (χ1n) is 19.4. The fourth-order valence-corrected chi connectivity index (χ4v) is 8.12. The van der Waals surface area contributed by atoms with Crippen molar-refractivity contribution in [2.45, 2.75) is 78.1 Å². The van der Waals surface area contributed by atoms with Gasteiger partial charge >= 0.3 is 0 Å². The summed E-state index contributed by atoms with van der Waals surface area (Å²) < 4.78 is 0. The first kappa shape index (κ1) is 33.8. The van der Waals surface area contributed by atoms with Crippen LogP contribution >= 0.6 is 0 Å². The zero-order valence-electron chi connectivity index (χ0n) is 30.8. The smallest absolute Gasteiger partial charge is 0.0540 e. The molecular weight excluding hydrogens is 629 g/mol. The molecule has 0 bridgehead atoms. The zero-order valence-corrected chi connectivity index (χ0v) is 30.8. The van der Waals surface area contributed by atoms with Crippen molar-refractivity contribution in [3.8, 4) is 0 Å². The van der Waals surface area contributed by atoms with E-state index in [2.05, 4.69) is 169 Å². The van der Waals surface area contributed by atoms with Crippen molar-refractivity contribution in [1.29, 1.82) is 0 Å². The van der Waals surface area contributed by atoms with Crippen LogP contribution in [0.15, 0.2) is 145 Å². The van der Waals surface area contributed by atoms with Gasteiger partial charge in [-0.15, -0.1) is 0 Å². The topological polar surface area (TPSA) is 6.48 Å². The molecule has 0 saturated heterocycles. The second-order valence-electron chi connectivity index (χ2n) is 14.9. The molecule has 8 rings (SSSR count). The SMILES string of the molecule is Cc1ccc(N(c2ccc(C=C3CCCCC3)cc2)c2cccc3c(N(c4ccc(C)cc4)c4ccc(C=C5CCCCC5)cc4)cccc23)cc1. The third kappa shape index (κ3) is 7.48. The molecule has 0 spiro atoms. The van der Waals surface area contributed by atoms with E-state index >= 15 is 0 Å². The number of rotatable bonds is 8. The highest BCUT2D eigenvalue weighted by Crippen LogP contribution is 2.44. The Kier molecular flexibility index (Phi) is 10.1. The summed E-state index contributed by atoms with van der Waals surface area (Å²) in [6, 6.07) is 49.7. The average molecular weight is 679 g/mol. The standard InChI is InChI=1S/C50H50N2/c1-37-19-27-43(28-20-37)51(45-31-23-41(24-32-45)35-39-11-5-3-6-12-39)49-17-9-16-48-47(49)15-10-18-50(48)52(44-29-21-38(2)22-30-44)46-33-25-42(26-34-46)36-40-13-7-4-8-14-40/h9-10,15-36H,3-8,11-14H2,1-2H3. The predicted octanol–water partition coefficient (Wildman–Crippen LogP) is 15.1. The van der Waals surface area contributed by atoms with Crippen LogP contribution in [0.1, 0.15) is 86.5 Å². The van der Waals surface area contributed by atoms with Gasteiger partial charge in [0.25, 0.3) is 0 Å². The number of hydrogen-bond donors (Lipinski definition) is 0. The third-order valence-corrected chi connectivity index (χ3v) is 11.0. The molecule has 0 atom stereocenters. The Bertz CT molecular complexity index is 2010. The summed E-state index contributed by atoms with van der Waals surface area (Å²) in [5.74, 6) is 0. The lowest BCUT2D eigenvalue weighted by atomic mass is 9.93. The van der Waals surface area contributed by atoms with E-state index in [0.29, 0.717) is 0 Å². The van der Waals surface area contributed by atoms with Crippen molar-refractivity contribution in [1.82, 2.24) is 0 Å². The maximum absolute atomic E-state index is 2.42. The van der Waals surface area contributed by atoms with Crippen LogP contribution in [0.2, 0.25) is 0 Å². The number of fused-ring (bicyclic) bond motifs is 1. The minimum atomic E-state index is 1.15. The van der Waals surface area contributed by atoms with E-state index in [1.54, 1.807) is 11.1 Å². The molecule has 0 N–H and O–H groups in total. The molecule has 6 aromatic carbocycles. The summed E-state index contributed by atoms with van der Waals surface area (Å²) in [6.07, 6.45) is 17.8. The Morgan fingerprint density at radius 1 is 0.365 bits per heavy atom. The number of hydrogen-bond acceptors (Lipinski definition) is 2. The number of nitrogens with zero attached hydrogens (tertiary/aromatic N) is 2. The molecule has 0 heterocycles. The van der Waals surface area contributed by atoms with Crippen LogP contribution in [0, 0.1) is 13.8 Å². The van der Waals surface area contributed by atoms with Crippen LogP contribution in [0.5, 0.6) is 0 Å². The summed E-state index contributed by atoms with van der Waals surface area (Å²) in [5.41, 5.74) is 15.2. The van der Waals surface area contributed by atoms with Gasteiger partial charge < -0.3 is 9.80 Å². The summed E-state index contributed by atoms with van der Waals surface area (Å²) in [6.45, 7) is 4.32. The summed E-state index contributed by atoms with van der Waals surface area (Å²) >= 11 is 0. The van der Waals surface area contributed by atoms with Gasteiger partial charge in [-0.3, -0.25) is 0 Å². The highest BCUT2D eigenvalue weighted by Gasteiger charge is 2.20. The molecule has 2 saturated carbocycles. The molecule has 0 aliphatic heterocycles. The average Bonchev–Trinajstić information content (AvgIpc) is 3.19. The normalized spacial score (nSPS) is 14.7. The van der Waals surface area contributed by atoms with Gasteiger partial charge in [-0.05, 0) is 137 Å². The lowest BCUT2D eigenvalue weighted by Gasteiger charge is -2.30. The van der Waals surface area contributed by atoms with Crippen LogP contribution in [0.25, 0.3) is 22.9 Å². The first-order valence-corrected chi connectivity index (χ1v) is 19.4. The predicted molar refractivity (Wildman–Crippen MR) is 225 cm³/mol. The number of allylic oxidation sites excluding steroid dienone is 2. The highest BCUT2D eigenvalue weighted by atomic mass is 15.2. The fourth-order valence-electron chi connectivity index (χ4n) is 8.12. The Hall–Kier alpha value is -5.34. The minimum absolute atomic E-state index is 1.15. The molecule has 2 fully saturated rings. The molecule has 2 aliphatic rings. The van der Waals surface area contributed by atoms with Crippen LogP contribution in [-0.4, -0.2) is 0 Å². The van der Waals surface area contributed by atoms with E-state index in [9.17, 15) is 0 Å². The fraction of sp³-hybridized carbons (Fsp3) is 0.240. The lowest BCUT2D eigenvalue weighted by molar-refractivity contribution is 0.602. The summed E-state index contributed by atoms with van der Waals surface area (Å²) in [7, 11) is 0. The minimum Gasteiger partial charge on any atom is -0.310 e. The second-order valence-corrected chi connectivity index (χ2v) is 14.9. The molecular formula is C50H50N2. The maximum Gasteiger partial charge on any atom is 0.0540 e. The molecule has 260 valence electrons. The number of anilines is 6. The van der Waals surface area contributed by atoms with Gasteiger partial charge in [0.1, 0.15) is 0 Å². The molecule has 0 aromatic heterocycles. The molecule has 2 heteroatoms. The van der Waals surface area contributed by atoms with Crippen molar-refractivity contribution in [3.63, 3.8) is 0 Å². The van der Waals surface area contributed by atoms with Gasteiger partial charge in [-0.25, -0.2) is 0 Å². The largest absolute Gasteiger partial charge is 0.310 e. The monoisotopic (exact) mass is 678 g/mol. The van der Waals surface area contributed by atoms with Gasteiger partial charge in [0.2, 0.25) is 0 Å². The molecule has 2 nitrogen and oxygen atoms in total. The lowest BCUT2D eigenvalue weighted by Crippen LogP contribution is -2.12. The zero-order chi connectivity index (χ0) is 35.3. The van der Waals surface area contributed by atoms with Crippen LogP contribution < -0.4 is 9.80 Å². The molecule has 6 aromatic rings. The third-order valence-electron chi connectivity index (χ3n) is 11.0. The first-order chi connectivity index (χ1) is 25.6. The molecule has 2 aliphatic carbocycles. The Labute approximate surface area is 310 Å². The van der Waals surface area contributed by atoms with Crippen LogP contribution in [0.3, 0.4) is 0 Å². The molecule has 0 unspecified atom stereocenters. The van der Waals surface area contributed by atoms with Gasteiger partial charge in [0, 0.05) is 33.5 Å². The van der Waals surface area contributed by atoms with Crippen LogP contribution in [-0.2, 0) is 0 Å². The maximum atomic E-state index is 2.42. The van der Waals surface area contributed by atoms with E-state index < -0.39 is 0 Å². The van der Waals surface area contributed by atoms with E-state index in [4.69, 9.17) is 0 Å². The van der Waals surface area contributed by atoms with Crippen molar-refractivity contribution >= 4 is 57.0 Å². The highest BCUT2D eigenvalue weighted by molar-refractivity contribution is 6.06. The van der Waals surface area contributed by atoms with E-state index in [-0.39, 0.29) is 0 Å². The van der Waals surface area contributed by atoms with Gasteiger partial charge in [-0.1, -0.05) is 120 Å². The Balaban J connectivity index is 1.23. The van der Waals surface area contributed by atoms with Crippen LogP contribution in [0.4, 0.5) is 34.1 Å². The molecule has 0 radical (unpaired) electrons. The number of benzene rings is 6. The van der Waals surface area contributed by atoms with Gasteiger partial charge in [0.15, 0.2) is 0 Å². The van der Waals surface area contributed by atoms with Crippen molar-refractivity contribution in [2.75, 3.05) is 9.80 Å². The Morgan fingerprint density at radius 2 is 0.692 bits per heavy atom. The van der Waals surface area contributed by atoms with E-state index in [1.807, 2.05) is 0 Å². The molecule has 52 heavy (non-hydrogen) atoms. The van der Waals surface area contributed by atoms with Gasteiger partial charge in [-0.2, -0.15) is 0 Å². The Morgan fingerprint density at radius 3 is 1.04 bits per heavy atom. The van der Waals surface area contributed by atoms with Gasteiger partial charge in [0.05, 0.1) is 11.4 Å². The van der Waals surface area contributed by atoms with E-state index in [1.165, 1.54) is 109 Å². The summed E-state index contributed by atoms with van der Waals surface area (Å²) in [4.78, 5) is 4.85. The quantitative estimate of drug-likeness (QED) is 0.158. The second kappa shape index (κ2) is 15.5. The molecule has 0 amide bonds. The van der Waals surface area contributed by atoms with Crippen molar-refractivity contribution < 1.29 is 0 Å². The van der Waals surface area contributed by atoms with Crippen molar-refractivity contribution in [2.24, 2.45) is 0 Å². The van der Waals surface area contributed by atoms with Crippen molar-refractivity contribution in [3.05, 3.63) is 167 Å². The number of aryl methyl sites for hydroxylation is 2.